The van der Waals surface area contributed by atoms with Gasteiger partial charge in [0.1, 0.15) is 25.4 Å². The molecule has 10 nitrogen and oxygen atoms in total. The number of aromatic nitrogens is 6. The summed E-state index contributed by atoms with van der Waals surface area (Å²) in [5.41, 5.74) is 3.40. The fraction of sp³-hybridized carbons (Fsp3) is 0.318. The molecule has 0 unspecified atom stereocenters. The van der Waals surface area contributed by atoms with E-state index in [4.69, 9.17) is 9.47 Å². The fourth-order valence-electron chi connectivity index (χ4n) is 3.64. The summed E-state index contributed by atoms with van der Waals surface area (Å²) in [5.74, 6) is 2.00. The SMILES string of the molecule is C[C@@H](O)Cn1ncc2cc(-c3cc(NCCc4ccnc5c4OCCO5)ncn3)cnc21. The minimum Gasteiger partial charge on any atom is -0.484 e. The van der Waals surface area contributed by atoms with Crippen LogP contribution >= 0.6 is 0 Å². The van der Waals surface area contributed by atoms with E-state index in [1.54, 1.807) is 30.2 Å². The molecule has 4 aromatic heterocycles. The largest absolute Gasteiger partial charge is 0.484 e. The molecule has 164 valence electrons. The summed E-state index contributed by atoms with van der Waals surface area (Å²) in [4.78, 5) is 17.5. The fourth-order valence-corrected chi connectivity index (χ4v) is 3.64. The first-order valence-electron chi connectivity index (χ1n) is 10.5. The first-order valence-corrected chi connectivity index (χ1v) is 10.5. The number of ether oxygens (including phenoxy) is 2. The number of hydrogen-bond donors (Lipinski definition) is 2. The van der Waals surface area contributed by atoms with Crippen LogP contribution in [-0.4, -0.2) is 60.7 Å². The van der Waals surface area contributed by atoms with Crippen molar-refractivity contribution in [2.24, 2.45) is 0 Å². The third-order valence-corrected chi connectivity index (χ3v) is 5.10. The van der Waals surface area contributed by atoms with Crippen LogP contribution < -0.4 is 14.8 Å². The second-order valence-corrected chi connectivity index (χ2v) is 7.58. The molecule has 0 aliphatic carbocycles. The number of hydrogen-bond acceptors (Lipinski definition) is 9. The summed E-state index contributed by atoms with van der Waals surface area (Å²) in [6, 6.07) is 5.82. The van der Waals surface area contributed by atoms with E-state index in [0.717, 1.165) is 45.8 Å². The van der Waals surface area contributed by atoms with Crippen molar-refractivity contribution in [1.82, 2.24) is 29.7 Å². The number of aliphatic hydroxyl groups excluding tert-OH is 1. The number of nitrogens with one attached hydrogen (secondary N) is 1. The van der Waals surface area contributed by atoms with E-state index >= 15 is 0 Å². The maximum absolute atomic E-state index is 9.62. The number of aliphatic hydroxyl groups is 1. The number of rotatable bonds is 7. The zero-order valence-electron chi connectivity index (χ0n) is 17.6. The quantitative estimate of drug-likeness (QED) is 0.451. The molecule has 0 aromatic carbocycles. The van der Waals surface area contributed by atoms with Crippen LogP contribution in [0.25, 0.3) is 22.3 Å². The molecule has 1 atom stereocenters. The van der Waals surface area contributed by atoms with Crippen LogP contribution in [0.15, 0.2) is 43.1 Å². The Labute approximate surface area is 184 Å². The van der Waals surface area contributed by atoms with Crippen molar-refractivity contribution in [3.8, 4) is 22.9 Å². The maximum Gasteiger partial charge on any atom is 0.257 e. The van der Waals surface area contributed by atoms with Crippen molar-refractivity contribution < 1.29 is 14.6 Å². The number of pyridine rings is 2. The average molecular weight is 433 g/mol. The summed E-state index contributed by atoms with van der Waals surface area (Å²) in [5, 5.41) is 18.2. The smallest absolute Gasteiger partial charge is 0.257 e. The lowest BCUT2D eigenvalue weighted by Gasteiger charge is -2.19. The molecule has 2 N–H and O–H groups in total. The van der Waals surface area contributed by atoms with E-state index in [9.17, 15) is 5.11 Å². The van der Waals surface area contributed by atoms with Gasteiger partial charge >= 0.3 is 0 Å². The first kappa shape index (κ1) is 20.1. The molecule has 0 saturated heterocycles. The second-order valence-electron chi connectivity index (χ2n) is 7.58. The Morgan fingerprint density at radius 3 is 2.94 bits per heavy atom. The van der Waals surface area contributed by atoms with Gasteiger partial charge in [-0.3, -0.25) is 0 Å². The van der Waals surface area contributed by atoms with Crippen LogP contribution in [0.1, 0.15) is 12.5 Å². The van der Waals surface area contributed by atoms with Crippen molar-refractivity contribution in [3.05, 3.63) is 48.7 Å². The molecule has 32 heavy (non-hydrogen) atoms. The molecular weight excluding hydrogens is 410 g/mol. The first-order chi connectivity index (χ1) is 15.7. The summed E-state index contributed by atoms with van der Waals surface area (Å²) < 4.78 is 13.0. The van der Waals surface area contributed by atoms with Crippen LogP contribution in [0.5, 0.6) is 11.6 Å². The Hall–Kier alpha value is -3.79. The van der Waals surface area contributed by atoms with Gasteiger partial charge in [-0.15, -0.1) is 0 Å². The molecule has 5 heterocycles. The highest BCUT2D eigenvalue weighted by atomic mass is 16.6. The molecular formula is C22H23N7O3. The van der Waals surface area contributed by atoms with Gasteiger partial charge in [0.15, 0.2) is 11.4 Å². The van der Waals surface area contributed by atoms with Crippen LogP contribution in [-0.2, 0) is 13.0 Å². The summed E-state index contributed by atoms with van der Waals surface area (Å²) in [6.45, 7) is 3.84. The lowest BCUT2D eigenvalue weighted by Crippen LogP contribution is -2.18. The monoisotopic (exact) mass is 433 g/mol. The Balaban J connectivity index is 1.29. The van der Waals surface area contributed by atoms with E-state index in [2.05, 4.69) is 30.4 Å². The van der Waals surface area contributed by atoms with Gasteiger partial charge < -0.3 is 19.9 Å². The molecule has 1 aliphatic heterocycles. The number of nitrogens with zero attached hydrogens (tertiary/aromatic N) is 6. The van der Waals surface area contributed by atoms with Crippen LogP contribution in [0, 0.1) is 0 Å². The predicted molar refractivity (Wildman–Crippen MR) is 118 cm³/mol. The highest BCUT2D eigenvalue weighted by molar-refractivity contribution is 5.80. The third-order valence-electron chi connectivity index (χ3n) is 5.10. The molecule has 0 radical (unpaired) electrons. The van der Waals surface area contributed by atoms with E-state index in [1.807, 2.05) is 18.2 Å². The van der Waals surface area contributed by atoms with Crippen LogP contribution in [0.2, 0.25) is 0 Å². The lowest BCUT2D eigenvalue weighted by molar-refractivity contribution is 0.163. The minimum atomic E-state index is -0.494. The standard InChI is InChI=1S/C22H23N7O3/c1-14(30)12-29-21-17(11-28-29)8-16(10-25-21)18-9-19(27-13-26-18)23-4-2-15-3-5-24-22-20(15)31-6-7-32-22/h3,5,8-11,13-14,30H,2,4,6-7,12H2,1H3,(H,23,26,27)/t14-/m1/s1. The van der Waals surface area contributed by atoms with Gasteiger partial charge in [0.2, 0.25) is 0 Å². The Kier molecular flexibility index (Phi) is 5.51. The number of fused-ring (bicyclic) bond motifs is 2. The Morgan fingerprint density at radius 1 is 1.12 bits per heavy atom. The van der Waals surface area contributed by atoms with Gasteiger partial charge in [0, 0.05) is 41.5 Å². The molecule has 5 rings (SSSR count). The third kappa shape index (κ3) is 4.17. The van der Waals surface area contributed by atoms with Crippen molar-refractivity contribution in [2.45, 2.75) is 26.0 Å². The summed E-state index contributed by atoms with van der Waals surface area (Å²) in [6.07, 6.45) is 7.02. The van der Waals surface area contributed by atoms with E-state index in [0.29, 0.717) is 32.2 Å². The van der Waals surface area contributed by atoms with Crippen molar-refractivity contribution >= 4 is 16.9 Å². The second kappa shape index (κ2) is 8.75. The molecule has 0 spiro atoms. The normalized spacial score (nSPS) is 13.8. The van der Waals surface area contributed by atoms with Gasteiger partial charge in [-0.1, -0.05) is 0 Å². The molecule has 0 amide bonds. The average Bonchev–Trinajstić information content (AvgIpc) is 3.21. The predicted octanol–water partition coefficient (Wildman–Crippen LogP) is 2.09. The Bertz CT molecular complexity index is 1240. The molecule has 1 aliphatic rings. The van der Waals surface area contributed by atoms with Gasteiger partial charge in [-0.2, -0.15) is 5.10 Å². The molecule has 4 aromatic rings. The van der Waals surface area contributed by atoms with Crippen LogP contribution in [0.3, 0.4) is 0 Å². The lowest BCUT2D eigenvalue weighted by atomic mass is 10.1. The van der Waals surface area contributed by atoms with Crippen molar-refractivity contribution in [2.75, 3.05) is 25.1 Å². The maximum atomic E-state index is 9.62. The van der Waals surface area contributed by atoms with E-state index in [1.165, 1.54) is 6.33 Å². The van der Waals surface area contributed by atoms with Crippen molar-refractivity contribution in [3.63, 3.8) is 0 Å². The minimum absolute atomic E-state index is 0.398. The molecule has 0 saturated carbocycles. The topological polar surface area (TPSA) is 120 Å². The zero-order valence-corrected chi connectivity index (χ0v) is 17.6. The van der Waals surface area contributed by atoms with E-state index < -0.39 is 6.10 Å². The zero-order chi connectivity index (χ0) is 21.9. The highest BCUT2D eigenvalue weighted by Crippen LogP contribution is 2.31. The highest BCUT2D eigenvalue weighted by Gasteiger charge is 2.17. The van der Waals surface area contributed by atoms with Crippen LogP contribution in [0.4, 0.5) is 5.82 Å². The summed E-state index contributed by atoms with van der Waals surface area (Å²) in [7, 11) is 0. The van der Waals surface area contributed by atoms with Gasteiger partial charge in [0.05, 0.1) is 24.5 Å². The molecule has 0 bridgehead atoms. The molecule has 0 fully saturated rings. The van der Waals surface area contributed by atoms with E-state index in [-0.39, 0.29) is 0 Å². The van der Waals surface area contributed by atoms with Crippen molar-refractivity contribution in [1.29, 1.82) is 0 Å². The summed E-state index contributed by atoms with van der Waals surface area (Å²) >= 11 is 0. The molecule has 10 heteroatoms. The Morgan fingerprint density at radius 2 is 2.03 bits per heavy atom. The van der Waals surface area contributed by atoms with Gasteiger partial charge in [-0.05, 0) is 25.5 Å². The van der Waals surface area contributed by atoms with Gasteiger partial charge in [0.25, 0.3) is 5.88 Å². The number of anilines is 1. The van der Waals surface area contributed by atoms with Gasteiger partial charge in [-0.25, -0.2) is 24.6 Å².